The summed E-state index contributed by atoms with van der Waals surface area (Å²) in [6, 6.07) is 9.82. The van der Waals surface area contributed by atoms with Crippen LogP contribution in [0.1, 0.15) is 44.7 Å². The predicted molar refractivity (Wildman–Crippen MR) is 87.0 cm³/mol. The van der Waals surface area contributed by atoms with Crippen molar-refractivity contribution < 1.29 is 9.53 Å². The Morgan fingerprint density at radius 1 is 1.18 bits per heavy atom. The molecule has 22 heavy (non-hydrogen) atoms. The van der Waals surface area contributed by atoms with Gasteiger partial charge in [-0.1, -0.05) is 24.3 Å². The summed E-state index contributed by atoms with van der Waals surface area (Å²) < 4.78 is 5.30. The second-order valence-corrected chi connectivity index (χ2v) is 7.47. The first-order valence-electron chi connectivity index (χ1n) is 8.23. The Hall–Kier alpha value is -1.55. The van der Waals surface area contributed by atoms with E-state index in [2.05, 4.69) is 34.9 Å². The van der Waals surface area contributed by atoms with Crippen molar-refractivity contribution in [3.8, 4) is 0 Å². The van der Waals surface area contributed by atoms with Gasteiger partial charge in [0.05, 0.1) is 0 Å². The molecule has 2 aliphatic carbocycles. The molecule has 3 atom stereocenters. The molecule has 0 bridgehead atoms. The van der Waals surface area contributed by atoms with Crippen LogP contribution >= 0.6 is 0 Å². The number of nitrogens with one attached hydrogen (secondary N) is 2. The van der Waals surface area contributed by atoms with E-state index in [1.165, 1.54) is 17.5 Å². The summed E-state index contributed by atoms with van der Waals surface area (Å²) in [6.45, 7) is 5.65. The number of benzene rings is 1. The van der Waals surface area contributed by atoms with E-state index in [0.29, 0.717) is 12.1 Å². The Morgan fingerprint density at radius 2 is 1.91 bits per heavy atom. The van der Waals surface area contributed by atoms with Crippen LogP contribution in [0.3, 0.4) is 0 Å². The number of carbonyl (C=O) groups excluding carboxylic acids is 1. The van der Waals surface area contributed by atoms with E-state index >= 15 is 0 Å². The molecule has 4 nitrogen and oxygen atoms in total. The molecule has 3 rings (SSSR count). The molecular weight excluding hydrogens is 276 g/mol. The van der Waals surface area contributed by atoms with Gasteiger partial charge in [0, 0.05) is 18.1 Å². The van der Waals surface area contributed by atoms with Gasteiger partial charge in [0.2, 0.25) is 0 Å². The van der Waals surface area contributed by atoms with Crippen molar-refractivity contribution in [1.82, 2.24) is 10.6 Å². The Kier molecular flexibility index (Phi) is 4.13. The third-order valence-electron chi connectivity index (χ3n) is 4.29. The molecule has 3 unspecified atom stereocenters. The number of ether oxygens (including phenoxy) is 1. The van der Waals surface area contributed by atoms with E-state index in [4.69, 9.17) is 4.74 Å². The lowest BCUT2D eigenvalue weighted by atomic mass is 9.88. The smallest absolute Gasteiger partial charge is 0.407 e. The van der Waals surface area contributed by atoms with E-state index in [-0.39, 0.29) is 12.1 Å². The van der Waals surface area contributed by atoms with Crippen LogP contribution in [0.5, 0.6) is 0 Å². The van der Waals surface area contributed by atoms with Crippen molar-refractivity contribution in [1.29, 1.82) is 0 Å². The highest BCUT2D eigenvalue weighted by Gasteiger charge is 2.40. The molecule has 0 radical (unpaired) electrons. The standard InChI is InChI=1S/C18H26N2O2/c1-18(2,3)22-17(21)20-16-11-15(16)19-14-9-8-12-6-4-5-7-13(12)10-14/h4-7,14-16,19H,8-11H2,1-3H3,(H,20,21). The van der Waals surface area contributed by atoms with Gasteiger partial charge in [-0.3, -0.25) is 0 Å². The lowest BCUT2D eigenvalue weighted by molar-refractivity contribution is 0.0521. The Morgan fingerprint density at radius 3 is 2.64 bits per heavy atom. The fourth-order valence-corrected chi connectivity index (χ4v) is 3.14. The number of amides is 1. The van der Waals surface area contributed by atoms with Crippen LogP contribution in [0.2, 0.25) is 0 Å². The van der Waals surface area contributed by atoms with Gasteiger partial charge in [0.1, 0.15) is 5.60 Å². The average molecular weight is 302 g/mol. The van der Waals surface area contributed by atoms with Gasteiger partial charge in [-0.2, -0.15) is 0 Å². The van der Waals surface area contributed by atoms with Crippen LogP contribution in [0.4, 0.5) is 4.79 Å². The van der Waals surface area contributed by atoms with Crippen LogP contribution < -0.4 is 10.6 Å². The zero-order valence-corrected chi connectivity index (χ0v) is 13.7. The largest absolute Gasteiger partial charge is 0.444 e. The predicted octanol–water partition coefficient (Wildman–Crippen LogP) is 2.80. The number of aryl methyl sites for hydroxylation is 1. The fraction of sp³-hybridized carbons (Fsp3) is 0.611. The van der Waals surface area contributed by atoms with Crippen molar-refractivity contribution in [3.63, 3.8) is 0 Å². The molecule has 0 aromatic heterocycles. The highest BCUT2D eigenvalue weighted by Crippen LogP contribution is 2.27. The van der Waals surface area contributed by atoms with Gasteiger partial charge in [-0.05, 0) is 57.6 Å². The fourth-order valence-electron chi connectivity index (χ4n) is 3.14. The van der Waals surface area contributed by atoms with Gasteiger partial charge in [-0.15, -0.1) is 0 Å². The quantitative estimate of drug-likeness (QED) is 0.902. The number of fused-ring (bicyclic) bond motifs is 1. The van der Waals surface area contributed by atoms with Crippen molar-refractivity contribution in [3.05, 3.63) is 35.4 Å². The van der Waals surface area contributed by atoms with Gasteiger partial charge in [0.25, 0.3) is 0 Å². The zero-order chi connectivity index (χ0) is 15.7. The molecular formula is C18H26N2O2. The zero-order valence-electron chi connectivity index (χ0n) is 13.7. The normalized spacial score (nSPS) is 27.0. The lowest BCUT2D eigenvalue weighted by Gasteiger charge is -2.26. The van der Waals surface area contributed by atoms with Crippen LogP contribution in [-0.2, 0) is 17.6 Å². The molecule has 1 amide bonds. The summed E-state index contributed by atoms with van der Waals surface area (Å²) >= 11 is 0. The Balaban J connectivity index is 1.44. The first-order valence-corrected chi connectivity index (χ1v) is 8.23. The lowest BCUT2D eigenvalue weighted by Crippen LogP contribution is -2.41. The molecule has 1 fully saturated rings. The molecule has 2 aliphatic rings. The van der Waals surface area contributed by atoms with Gasteiger partial charge < -0.3 is 15.4 Å². The third-order valence-corrected chi connectivity index (χ3v) is 4.29. The first kappa shape index (κ1) is 15.3. The van der Waals surface area contributed by atoms with Crippen LogP contribution in [0.15, 0.2) is 24.3 Å². The first-order chi connectivity index (χ1) is 10.4. The molecule has 120 valence electrons. The molecule has 0 heterocycles. The molecule has 1 saturated carbocycles. The van der Waals surface area contributed by atoms with Crippen LogP contribution in [0.25, 0.3) is 0 Å². The highest BCUT2D eigenvalue weighted by atomic mass is 16.6. The molecule has 0 spiro atoms. The Bertz CT molecular complexity index is 550. The van der Waals surface area contributed by atoms with Crippen molar-refractivity contribution in [2.75, 3.05) is 0 Å². The molecule has 1 aromatic carbocycles. The molecule has 0 aliphatic heterocycles. The van der Waals surface area contributed by atoms with Crippen LogP contribution in [0, 0.1) is 0 Å². The SMILES string of the molecule is CC(C)(C)OC(=O)NC1CC1NC1CCc2ccccc2C1. The number of alkyl carbamates (subject to hydrolysis) is 1. The van der Waals surface area contributed by atoms with E-state index < -0.39 is 5.60 Å². The highest BCUT2D eigenvalue weighted by molar-refractivity contribution is 5.68. The summed E-state index contributed by atoms with van der Waals surface area (Å²) in [5.74, 6) is 0. The Labute approximate surface area is 132 Å². The number of carbonyl (C=O) groups is 1. The number of hydrogen-bond donors (Lipinski definition) is 2. The maximum absolute atomic E-state index is 11.7. The van der Waals surface area contributed by atoms with E-state index in [1.54, 1.807) is 0 Å². The van der Waals surface area contributed by atoms with E-state index in [0.717, 1.165) is 19.3 Å². The van der Waals surface area contributed by atoms with Crippen LogP contribution in [-0.4, -0.2) is 29.8 Å². The summed E-state index contributed by atoms with van der Waals surface area (Å²) in [5.41, 5.74) is 2.51. The topological polar surface area (TPSA) is 50.4 Å². The van der Waals surface area contributed by atoms with Crippen molar-refractivity contribution in [2.24, 2.45) is 0 Å². The second kappa shape index (κ2) is 5.92. The summed E-state index contributed by atoms with van der Waals surface area (Å²) in [4.78, 5) is 11.7. The monoisotopic (exact) mass is 302 g/mol. The minimum absolute atomic E-state index is 0.215. The summed E-state index contributed by atoms with van der Waals surface area (Å²) in [5, 5.41) is 6.63. The van der Waals surface area contributed by atoms with E-state index in [1.807, 2.05) is 20.8 Å². The molecule has 1 aromatic rings. The molecule has 2 N–H and O–H groups in total. The number of hydrogen-bond acceptors (Lipinski definition) is 3. The van der Waals surface area contributed by atoms with Gasteiger partial charge in [0.15, 0.2) is 0 Å². The summed E-state index contributed by atoms with van der Waals surface area (Å²) in [6.07, 6.45) is 4.09. The molecule has 4 heteroatoms. The van der Waals surface area contributed by atoms with Gasteiger partial charge >= 0.3 is 6.09 Å². The minimum atomic E-state index is -0.436. The molecule has 0 saturated heterocycles. The average Bonchev–Trinajstić information content (AvgIpc) is 3.14. The van der Waals surface area contributed by atoms with Crippen molar-refractivity contribution in [2.45, 2.75) is 70.2 Å². The number of rotatable bonds is 3. The maximum Gasteiger partial charge on any atom is 0.407 e. The second-order valence-electron chi connectivity index (χ2n) is 7.47. The maximum atomic E-state index is 11.7. The minimum Gasteiger partial charge on any atom is -0.444 e. The van der Waals surface area contributed by atoms with Gasteiger partial charge in [-0.25, -0.2) is 4.79 Å². The van der Waals surface area contributed by atoms with Crippen molar-refractivity contribution >= 4 is 6.09 Å². The van der Waals surface area contributed by atoms with E-state index in [9.17, 15) is 4.79 Å². The third kappa shape index (κ3) is 4.01. The summed E-state index contributed by atoms with van der Waals surface area (Å²) in [7, 11) is 0.